The number of carbonyl (C=O) groups is 1. The van der Waals surface area contributed by atoms with Gasteiger partial charge in [-0.1, -0.05) is 23.7 Å². The molecular weight excluding hydrogens is 220 g/mol. The monoisotopic (exact) mass is 228 g/mol. The van der Waals surface area contributed by atoms with Gasteiger partial charge < -0.3 is 15.3 Å². The molecule has 5 heteroatoms. The van der Waals surface area contributed by atoms with Crippen molar-refractivity contribution in [2.75, 3.05) is 0 Å². The van der Waals surface area contributed by atoms with E-state index in [-0.39, 0.29) is 28.3 Å². The van der Waals surface area contributed by atoms with Crippen LogP contribution < -0.4 is 0 Å². The number of benzene rings is 1. The lowest BCUT2D eigenvalue weighted by Crippen LogP contribution is -2.03. The van der Waals surface area contributed by atoms with E-state index < -0.39 is 5.97 Å². The minimum absolute atomic E-state index is 0.208. The van der Waals surface area contributed by atoms with Crippen molar-refractivity contribution in [3.8, 4) is 0 Å². The SMILES string of the molecule is O=C(O)/C(=C/O)c1cccc(Cl)c1CO. The van der Waals surface area contributed by atoms with Crippen molar-refractivity contribution in [1.82, 2.24) is 0 Å². The van der Waals surface area contributed by atoms with Gasteiger partial charge in [-0.25, -0.2) is 4.79 Å². The summed E-state index contributed by atoms with van der Waals surface area (Å²) in [5.41, 5.74) is 0.184. The predicted octanol–water partition coefficient (Wildman–Crippen LogP) is 1.82. The molecule has 0 heterocycles. The molecule has 0 aliphatic rings. The molecule has 15 heavy (non-hydrogen) atoms. The van der Waals surface area contributed by atoms with E-state index in [1.165, 1.54) is 12.1 Å². The molecule has 0 aromatic heterocycles. The van der Waals surface area contributed by atoms with Crippen LogP contribution in [0.2, 0.25) is 5.02 Å². The Labute approximate surface area is 91.0 Å². The Morgan fingerprint density at radius 2 is 2.13 bits per heavy atom. The van der Waals surface area contributed by atoms with Gasteiger partial charge in [-0.2, -0.15) is 0 Å². The minimum Gasteiger partial charge on any atom is -0.515 e. The third-order valence-electron chi connectivity index (χ3n) is 1.93. The van der Waals surface area contributed by atoms with Crippen molar-refractivity contribution in [1.29, 1.82) is 0 Å². The van der Waals surface area contributed by atoms with E-state index in [2.05, 4.69) is 0 Å². The average Bonchev–Trinajstić information content (AvgIpc) is 2.18. The summed E-state index contributed by atoms with van der Waals surface area (Å²) in [6.45, 7) is -0.389. The van der Waals surface area contributed by atoms with E-state index in [1.807, 2.05) is 0 Å². The number of halogens is 1. The second kappa shape index (κ2) is 4.82. The Kier molecular flexibility index (Phi) is 3.71. The number of aliphatic hydroxyl groups excluding tert-OH is 2. The smallest absolute Gasteiger partial charge is 0.339 e. The average molecular weight is 229 g/mol. The van der Waals surface area contributed by atoms with Crippen molar-refractivity contribution >= 4 is 23.1 Å². The summed E-state index contributed by atoms with van der Waals surface area (Å²) >= 11 is 5.77. The lowest BCUT2D eigenvalue weighted by molar-refractivity contribution is -0.130. The van der Waals surface area contributed by atoms with Crippen LogP contribution in [0.5, 0.6) is 0 Å². The summed E-state index contributed by atoms with van der Waals surface area (Å²) in [6, 6.07) is 4.55. The quantitative estimate of drug-likeness (QED) is 0.545. The summed E-state index contributed by atoms with van der Waals surface area (Å²) in [4.78, 5) is 10.8. The Balaban J connectivity index is 3.36. The van der Waals surface area contributed by atoms with Crippen LogP contribution in [-0.4, -0.2) is 21.3 Å². The zero-order valence-electron chi connectivity index (χ0n) is 7.64. The standard InChI is InChI=1S/C10H9ClO4/c11-9-3-1-2-6(7(9)4-12)8(5-13)10(14)15/h1-3,5,12-13H,4H2,(H,14,15)/b8-5+. The molecule has 0 saturated carbocycles. The van der Waals surface area contributed by atoms with Crippen LogP contribution in [-0.2, 0) is 11.4 Å². The number of rotatable bonds is 3. The summed E-state index contributed by atoms with van der Waals surface area (Å²) in [6.07, 6.45) is 0.479. The fourth-order valence-corrected chi connectivity index (χ4v) is 1.45. The molecule has 3 N–H and O–H groups in total. The Bertz CT molecular complexity index is 412. The summed E-state index contributed by atoms with van der Waals surface area (Å²) < 4.78 is 0. The molecule has 0 saturated heterocycles. The zero-order valence-corrected chi connectivity index (χ0v) is 8.40. The number of carboxylic acids is 1. The van der Waals surface area contributed by atoms with Gasteiger partial charge in [0, 0.05) is 10.6 Å². The Morgan fingerprint density at radius 1 is 1.47 bits per heavy atom. The van der Waals surface area contributed by atoms with Crippen LogP contribution in [0.4, 0.5) is 0 Å². The molecule has 0 amide bonds. The van der Waals surface area contributed by atoms with E-state index in [1.54, 1.807) is 6.07 Å². The summed E-state index contributed by atoms with van der Waals surface area (Å²) in [5, 5.41) is 26.9. The molecule has 0 bridgehead atoms. The van der Waals surface area contributed by atoms with E-state index in [9.17, 15) is 4.79 Å². The van der Waals surface area contributed by atoms with Crippen molar-refractivity contribution in [2.45, 2.75) is 6.61 Å². The molecule has 80 valence electrons. The van der Waals surface area contributed by atoms with Gasteiger partial charge in [0.2, 0.25) is 0 Å². The van der Waals surface area contributed by atoms with Crippen LogP contribution in [0.15, 0.2) is 24.5 Å². The van der Waals surface area contributed by atoms with Crippen molar-refractivity contribution in [3.63, 3.8) is 0 Å². The highest BCUT2D eigenvalue weighted by Gasteiger charge is 2.15. The van der Waals surface area contributed by atoms with E-state index in [4.69, 9.17) is 26.9 Å². The van der Waals surface area contributed by atoms with Crippen LogP contribution >= 0.6 is 11.6 Å². The Hall–Kier alpha value is -1.52. The molecule has 1 aromatic carbocycles. The first-order valence-corrected chi connectivity index (χ1v) is 4.46. The van der Waals surface area contributed by atoms with Gasteiger partial charge in [0.15, 0.2) is 0 Å². The van der Waals surface area contributed by atoms with Gasteiger partial charge in [0.25, 0.3) is 0 Å². The molecule has 1 aromatic rings. The second-order valence-electron chi connectivity index (χ2n) is 2.77. The van der Waals surface area contributed by atoms with Gasteiger partial charge in [-0.3, -0.25) is 0 Å². The molecule has 0 atom stereocenters. The number of hydrogen-bond donors (Lipinski definition) is 3. The number of aliphatic carboxylic acids is 1. The van der Waals surface area contributed by atoms with Gasteiger partial charge >= 0.3 is 5.97 Å². The van der Waals surface area contributed by atoms with E-state index >= 15 is 0 Å². The number of aliphatic hydroxyl groups is 2. The van der Waals surface area contributed by atoms with Crippen LogP contribution in [0.25, 0.3) is 5.57 Å². The third-order valence-corrected chi connectivity index (χ3v) is 2.28. The van der Waals surface area contributed by atoms with Crippen LogP contribution in [0.3, 0.4) is 0 Å². The van der Waals surface area contributed by atoms with Crippen molar-refractivity contribution in [3.05, 3.63) is 40.6 Å². The minimum atomic E-state index is -1.28. The highest BCUT2D eigenvalue weighted by Crippen LogP contribution is 2.25. The normalized spacial score (nSPS) is 11.5. The zero-order chi connectivity index (χ0) is 11.4. The second-order valence-corrected chi connectivity index (χ2v) is 3.18. The van der Waals surface area contributed by atoms with Gasteiger partial charge in [-0.05, 0) is 11.6 Å². The van der Waals surface area contributed by atoms with Crippen LogP contribution in [0, 0.1) is 0 Å². The molecule has 0 unspecified atom stereocenters. The molecule has 0 fully saturated rings. The molecule has 1 rings (SSSR count). The molecule has 4 nitrogen and oxygen atoms in total. The largest absolute Gasteiger partial charge is 0.515 e. The molecule has 0 aliphatic heterocycles. The number of hydrogen-bond acceptors (Lipinski definition) is 3. The van der Waals surface area contributed by atoms with Gasteiger partial charge in [0.1, 0.15) is 5.57 Å². The maximum atomic E-state index is 10.8. The Morgan fingerprint density at radius 3 is 2.60 bits per heavy atom. The summed E-state index contributed by atoms with van der Waals surface area (Å²) in [5.74, 6) is -1.28. The lowest BCUT2D eigenvalue weighted by atomic mass is 10.0. The van der Waals surface area contributed by atoms with Crippen LogP contribution in [0.1, 0.15) is 11.1 Å². The highest BCUT2D eigenvalue weighted by molar-refractivity contribution is 6.32. The predicted molar refractivity (Wildman–Crippen MR) is 55.6 cm³/mol. The summed E-state index contributed by atoms with van der Waals surface area (Å²) in [7, 11) is 0. The highest BCUT2D eigenvalue weighted by atomic mass is 35.5. The topological polar surface area (TPSA) is 77.8 Å². The van der Waals surface area contributed by atoms with Crippen molar-refractivity contribution in [2.24, 2.45) is 0 Å². The fourth-order valence-electron chi connectivity index (χ4n) is 1.21. The third kappa shape index (κ3) is 2.29. The number of carboxylic acid groups (broad SMARTS) is 1. The maximum Gasteiger partial charge on any atom is 0.339 e. The first kappa shape index (κ1) is 11.6. The lowest BCUT2D eigenvalue weighted by Gasteiger charge is -2.08. The first-order valence-electron chi connectivity index (χ1n) is 4.08. The van der Waals surface area contributed by atoms with Crippen molar-refractivity contribution < 1.29 is 20.1 Å². The van der Waals surface area contributed by atoms with Gasteiger partial charge in [-0.15, -0.1) is 0 Å². The molecule has 0 spiro atoms. The van der Waals surface area contributed by atoms with E-state index in [0.717, 1.165) is 0 Å². The molecular formula is C10H9ClO4. The first-order chi connectivity index (χ1) is 7.11. The maximum absolute atomic E-state index is 10.8. The van der Waals surface area contributed by atoms with E-state index in [0.29, 0.717) is 6.26 Å². The molecule has 0 radical (unpaired) electrons. The van der Waals surface area contributed by atoms with Gasteiger partial charge in [0.05, 0.1) is 12.9 Å². The fraction of sp³-hybridized carbons (Fsp3) is 0.100. The molecule has 0 aliphatic carbocycles.